The molecule has 0 saturated heterocycles. The van der Waals surface area contributed by atoms with Gasteiger partial charge in [0.25, 0.3) is 6.43 Å². The van der Waals surface area contributed by atoms with Crippen LogP contribution >= 0.6 is 11.3 Å². The van der Waals surface area contributed by atoms with Crippen LogP contribution in [0.2, 0.25) is 0 Å². The number of halogens is 2. The maximum atomic E-state index is 11.9. The van der Waals surface area contributed by atoms with Crippen LogP contribution in [0.3, 0.4) is 0 Å². The molecule has 6 heteroatoms. The van der Waals surface area contributed by atoms with E-state index in [9.17, 15) is 8.78 Å². The number of nitrogens with one attached hydrogen (secondary N) is 1. The minimum Gasteiger partial charge on any atom is -0.374 e. The first kappa shape index (κ1) is 14.3. The maximum absolute atomic E-state index is 11.9. The Hall–Kier alpha value is -1.11. The summed E-state index contributed by atoms with van der Waals surface area (Å²) in [4.78, 5) is 4.37. The van der Waals surface area contributed by atoms with Crippen molar-refractivity contribution in [2.75, 3.05) is 19.8 Å². The lowest BCUT2D eigenvalue weighted by atomic mass is 10.1. The topological polar surface area (TPSA) is 34.1 Å². The van der Waals surface area contributed by atoms with E-state index in [1.165, 1.54) is 0 Å². The third-order valence-corrected chi connectivity index (χ3v) is 3.62. The molecule has 2 aromatic rings. The van der Waals surface area contributed by atoms with Crippen LogP contribution in [0.5, 0.6) is 0 Å². The highest BCUT2D eigenvalue weighted by molar-refractivity contribution is 7.17. The molecule has 0 radical (unpaired) electrons. The van der Waals surface area contributed by atoms with E-state index in [4.69, 9.17) is 4.74 Å². The third-order valence-electron chi connectivity index (χ3n) is 2.76. The minimum absolute atomic E-state index is 0.120. The Bertz CT molecular complexity index is 518. The molecule has 0 bridgehead atoms. The first-order valence-corrected chi connectivity index (χ1v) is 6.97. The lowest BCUT2D eigenvalue weighted by Gasteiger charge is -2.14. The number of hydrogen-bond donors (Lipinski definition) is 1. The molecule has 0 saturated carbocycles. The SMILES string of the molecule is CC(NCCOCC(F)F)c1cnc2ccsc2c1. The van der Waals surface area contributed by atoms with Crippen molar-refractivity contribution in [1.82, 2.24) is 10.3 Å². The average Bonchev–Trinajstić information content (AvgIpc) is 2.84. The fourth-order valence-corrected chi connectivity index (χ4v) is 2.53. The van der Waals surface area contributed by atoms with Gasteiger partial charge >= 0.3 is 0 Å². The van der Waals surface area contributed by atoms with Gasteiger partial charge in [-0.15, -0.1) is 11.3 Å². The fraction of sp³-hybridized carbons (Fsp3) is 0.462. The van der Waals surface area contributed by atoms with Gasteiger partial charge in [0, 0.05) is 18.8 Å². The van der Waals surface area contributed by atoms with Crippen molar-refractivity contribution in [2.24, 2.45) is 0 Å². The van der Waals surface area contributed by atoms with Gasteiger partial charge in [0.1, 0.15) is 6.61 Å². The number of hydrogen-bond acceptors (Lipinski definition) is 4. The smallest absolute Gasteiger partial charge is 0.261 e. The van der Waals surface area contributed by atoms with Crippen molar-refractivity contribution in [2.45, 2.75) is 19.4 Å². The van der Waals surface area contributed by atoms with Gasteiger partial charge in [0.2, 0.25) is 0 Å². The predicted molar refractivity (Wildman–Crippen MR) is 72.9 cm³/mol. The number of rotatable bonds is 7. The van der Waals surface area contributed by atoms with E-state index in [0.29, 0.717) is 6.54 Å². The average molecular weight is 286 g/mol. The number of aromatic nitrogens is 1. The molecule has 0 aliphatic rings. The van der Waals surface area contributed by atoms with Gasteiger partial charge in [-0.3, -0.25) is 4.98 Å². The van der Waals surface area contributed by atoms with Crippen LogP contribution in [0.15, 0.2) is 23.7 Å². The molecule has 3 nitrogen and oxygen atoms in total. The molecule has 2 heterocycles. The molecule has 0 amide bonds. The van der Waals surface area contributed by atoms with E-state index in [2.05, 4.69) is 16.4 Å². The summed E-state index contributed by atoms with van der Waals surface area (Å²) in [6.45, 7) is 2.34. The molecule has 1 unspecified atom stereocenters. The van der Waals surface area contributed by atoms with Crippen molar-refractivity contribution in [1.29, 1.82) is 0 Å². The molecule has 0 aliphatic carbocycles. The summed E-state index contributed by atoms with van der Waals surface area (Å²) in [7, 11) is 0. The van der Waals surface area contributed by atoms with Crippen LogP contribution in [0.1, 0.15) is 18.5 Å². The molecule has 0 spiro atoms. The summed E-state index contributed by atoms with van der Waals surface area (Å²) >= 11 is 1.66. The molecule has 19 heavy (non-hydrogen) atoms. The first-order valence-electron chi connectivity index (χ1n) is 6.09. The summed E-state index contributed by atoms with van der Waals surface area (Å²) < 4.78 is 29.7. The van der Waals surface area contributed by atoms with Gasteiger partial charge in [-0.2, -0.15) is 0 Å². The zero-order valence-corrected chi connectivity index (χ0v) is 11.4. The lowest BCUT2D eigenvalue weighted by molar-refractivity contribution is 0.0183. The van der Waals surface area contributed by atoms with Crippen molar-refractivity contribution in [3.8, 4) is 0 Å². The quantitative estimate of drug-likeness (QED) is 0.794. The second-order valence-electron chi connectivity index (χ2n) is 4.21. The van der Waals surface area contributed by atoms with E-state index in [0.717, 1.165) is 15.8 Å². The van der Waals surface area contributed by atoms with Gasteiger partial charge in [-0.1, -0.05) is 0 Å². The van der Waals surface area contributed by atoms with Gasteiger partial charge in [0.15, 0.2) is 0 Å². The Labute approximate surface area is 114 Å². The molecule has 0 aromatic carbocycles. The van der Waals surface area contributed by atoms with Crippen LogP contribution in [-0.4, -0.2) is 31.2 Å². The van der Waals surface area contributed by atoms with Gasteiger partial charge in [-0.25, -0.2) is 8.78 Å². The molecular formula is C13H16F2N2OS. The normalized spacial score (nSPS) is 13.3. The Balaban J connectivity index is 1.80. The lowest BCUT2D eigenvalue weighted by Crippen LogP contribution is -2.24. The van der Waals surface area contributed by atoms with Gasteiger partial charge in [0.05, 0.1) is 16.8 Å². The molecular weight excluding hydrogens is 270 g/mol. The van der Waals surface area contributed by atoms with Crippen LogP contribution in [0.4, 0.5) is 8.78 Å². The van der Waals surface area contributed by atoms with E-state index in [1.807, 2.05) is 24.6 Å². The number of thiophene rings is 1. The fourth-order valence-electron chi connectivity index (χ4n) is 1.74. The Morgan fingerprint density at radius 1 is 1.47 bits per heavy atom. The van der Waals surface area contributed by atoms with Crippen molar-refractivity contribution >= 4 is 21.6 Å². The molecule has 1 atom stereocenters. The van der Waals surface area contributed by atoms with E-state index in [1.54, 1.807) is 11.3 Å². The Kier molecular flexibility index (Phi) is 5.18. The first-order chi connectivity index (χ1) is 9.16. The van der Waals surface area contributed by atoms with Crippen LogP contribution < -0.4 is 5.32 Å². The molecule has 2 rings (SSSR count). The molecule has 0 fully saturated rings. The second kappa shape index (κ2) is 6.88. The number of ether oxygens (including phenoxy) is 1. The van der Waals surface area contributed by atoms with Crippen molar-refractivity contribution in [3.05, 3.63) is 29.3 Å². The summed E-state index contributed by atoms with van der Waals surface area (Å²) in [6, 6.07) is 4.21. The standard InChI is InChI=1S/C13H16F2N2OS/c1-9(16-3-4-18-8-13(14)15)10-6-12-11(17-7-10)2-5-19-12/h2,5-7,9,13,16H,3-4,8H2,1H3. The molecule has 2 aromatic heterocycles. The summed E-state index contributed by atoms with van der Waals surface area (Å²) in [6.07, 6.45) is -0.560. The van der Waals surface area contributed by atoms with E-state index in [-0.39, 0.29) is 12.6 Å². The summed E-state index contributed by atoms with van der Waals surface area (Å²) in [5, 5.41) is 5.24. The van der Waals surface area contributed by atoms with Gasteiger partial charge < -0.3 is 10.1 Å². The van der Waals surface area contributed by atoms with Crippen LogP contribution in [-0.2, 0) is 4.74 Å². The van der Waals surface area contributed by atoms with Gasteiger partial charge in [-0.05, 0) is 30.0 Å². The minimum atomic E-state index is -2.40. The Morgan fingerprint density at radius 3 is 3.11 bits per heavy atom. The number of alkyl halides is 2. The molecule has 1 N–H and O–H groups in total. The molecule has 0 aliphatic heterocycles. The molecule has 104 valence electrons. The predicted octanol–water partition coefficient (Wildman–Crippen LogP) is 3.23. The number of pyridine rings is 1. The van der Waals surface area contributed by atoms with Crippen LogP contribution in [0.25, 0.3) is 10.2 Å². The maximum Gasteiger partial charge on any atom is 0.261 e. The highest BCUT2D eigenvalue weighted by Crippen LogP contribution is 2.22. The monoisotopic (exact) mass is 286 g/mol. The van der Waals surface area contributed by atoms with E-state index < -0.39 is 13.0 Å². The number of nitrogens with zero attached hydrogens (tertiary/aromatic N) is 1. The zero-order valence-electron chi connectivity index (χ0n) is 10.6. The van der Waals surface area contributed by atoms with Crippen molar-refractivity contribution < 1.29 is 13.5 Å². The highest BCUT2D eigenvalue weighted by atomic mass is 32.1. The van der Waals surface area contributed by atoms with Crippen LogP contribution in [0, 0.1) is 0 Å². The van der Waals surface area contributed by atoms with Crippen molar-refractivity contribution in [3.63, 3.8) is 0 Å². The Morgan fingerprint density at radius 2 is 2.32 bits per heavy atom. The summed E-state index contributed by atoms with van der Waals surface area (Å²) in [5.41, 5.74) is 2.09. The van der Waals surface area contributed by atoms with E-state index >= 15 is 0 Å². The number of fused-ring (bicyclic) bond motifs is 1. The second-order valence-corrected chi connectivity index (χ2v) is 5.16. The third kappa shape index (κ3) is 4.19. The zero-order chi connectivity index (χ0) is 13.7. The highest BCUT2D eigenvalue weighted by Gasteiger charge is 2.07. The largest absolute Gasteiger partial charge is 0.374 e. The summed E-state index contributed by atoms with van der Waals surface area (Å²) in [5.74, 6) is 0.